The highest BCUT2D eigenvalue weighted by Gasteiger charge is 2.84. The van der Waals surface area contributed by atoms with E-state index in [0.29, 0.717) is 55.2 Å². The van der Waals surface area contributed by atoms with E-state index < -0.39 is 0 Å². The fourth-order valence-corrected chi connectivity index (χ4v) is 9.13. The third-order valence-corrected chi connectivity index (χ3v) is 10.6. The molecule has 6 rings (SSSR count). The van der Waals surface area contributed by atoms with E-state index >= 15 is 0 Å². The molecular weight excluding hydrogens is 402 g/mol. The molecule has 32 heavy (non-hydrogen) atoms. The summed E-state index contributed by atoms with van der Waals surface area (Å²) in [4.78, 5) is 25.6. The number of carbonyl (C=O) groups is 2. The van der Waals surface area contributed by atoms with Crippen LogP contribution in [-0.2, 0) is 14.3 Å². The molecule has 6 nitrogen and oxygen atoms in total. The number of rotatable bonds is 7. The Bertz CT molecular complexity index is 784. The van der Waals surface area contributed by atoms with Gasteiger partial charge in [0.25, 0.3) is 5.91 Å². The third-order valence-electron chi connectivity index (χ3n) is 10.6. The van der Waals surface area contributed by atoms with Crippen molar-refractivity contribution < 1.29 is 14.3 Å². The zero-order valence-electron chi connectivity index (χ0n) is 19.4. The van der Waals surface area contributed by atoms with Crippen molar-refractivity contribution in [2.75, 3.05) is 6.61 Å². The first-order valence-electron chi connectivity index (χ1n) is 13.4. The first kappa shape index (κ1) is 21.1. The lowest BCUT2D eigenvalue weighted by molar-refractivity contribution is -0.390. The molecule has 0 aromatic carbocycles. The molecule has 6 heteroatoms. The SMILES string of the molecule is CCOC(=O)C1CCC(C(=N)C(=O)NC2C3CC4CC5CC2C453)C(NC2CCCCC2)C1. The molecule has 0 aliphatic heterocycles. The highest BCUT2D eigenvalue weighted by Crippen LogP contribution is 2.87. The maximum absolute atomic E-state index is 13.2. The molecule has 1 spiro atoms. The molecule has 0 aromatic heterocycles. The predicted molar refractivity (Wildman–Crippen MR) is 121 cm³/mol. The number of hydrogen-bond donors (Lipinski definition) is 3. The van der Waals surface area contributed by atoms with Crippen molar-refractivity contribution in [1.29, 1.82) is 5.41 Å². The molecule has 0 radical (unpaired) electrons. The van der Waals surface area contributed by atoms with Crippen molar-refractivity contribution in [3.8, 4) is 0 Å². The fraction of sp³-hybridized carbons (Fsp3) is 0.885. The van der Waals surface area contributed by atoms with Gasteiger partial charge < -0.3 is 15.4 Å². The van der Waals surface area contributed by atoms with Crippen molar-refractivity contribution in [1.82, 2.24) is 10.6 Å². The summed E-state index contributed by atoms with van der Waals surface area (Å²) >= 11 is 0. The fourth-order valence-electron chi connectivity index (χ4n) is 9.13. The number of hydrogen-bond acceptors (Lipinski definition) is 5. The molecule has 6 saturated carbocycles. The summed E-state index contributed by atoms with van der Waals surface area (Å²) in [6, 6.07) is 0.772. The minimum absolute atomic E-state index is 0.0139. The molecule has 6 fully saturated rings. The highest BCUT2D eigenvalue weighted by molar-refractivity contribution is 6.38. The maximum atomic E-state index is 13.2. The van der Waals surface area contributed by atoms with E-state index in [1.54, 1.807) is 0 Å². The Kier molecular flexibility index (Phi) is 5.16. The smallest absolute Gasteiger partial charge is 0.308 e. The lowest BCUT2D eigenvalue weighted by Crippen LogP contribution is -2.88. The normalized spacial score (nSPS) is 46.2. The van der Waals surface area contributed by atoms with Gasteiger partial charge in [-0.3, -0.25) is 15.0 Å². The molecular formula is C26H39N3O3. The van der Waals surface area contributed by atoms with E-state index in [-0.39, 0.29) is 35.5 Å². The van der Waals surface area contributed by atoms with Crippen molar-refractivity contribution in [2.24, 2.45) is 40.9 Å². The summed E-state index contributed by atoms with van der Waals surface area (Å²) in [7, 11) is 0. The number of esters is 1. The molecule has 6 aliphatic carbocycles. The summed E-state index contributed by atoms with van der Waals surface area (Å²) in [6.45, 7) is 2.26. The van der Waals surface area contributed by atoms with Gasteiger partial charge in [0.15, 0.2) is 0 Å². The zero-order chi connectivity index (χ0) is 22.0. The van der Waals surface area contributed by atoms with Crippen LogP contribution in [0.2, 0.25) is 0 Å². The Morgan fingerprint density at radius 2 is 1.69 bits per heavy atom. The van der Waals surface area contributed by atoms with Crippen LogP contribution in [0.5, 0.6) is 0 Å². The molecule has 0 bridgehead atoms. The minimum atomic E-state index is -0.147. The average Bonchev–Trinajstić information content (AvgIpc) is 2.75. The molecule has 7 atom stereocenters. The number of nitrogens with one attached hydrogen (secondary N) is 3. The quantitative estimate of drug-likeness (QED) is 0.417. The zero-order valence-corrected chi connectivity index (χ0v) is 19.4. The molecule has 6 aliphatic rings. The van der Waals surface area contributed by atoms with Gasteiger partial charge in [-0.15, -0.1) is 0 Å². The summed E-state index contributed by atoms with van der Waals surface area (Å²) in [5, 5.41) is 15.9. The number of carbonyl (C=O) groups excluding carboxylic acids is 2. The van der Waals surface area contributed by atoms with Crippen LogP contribution >= 0.6 is 0 Å². The Labute approximate surface area is 191 Å². The molecule has 0 saturated heterocycles. The first-order chi connectivity index (χ1) is 15.5. The van der Waals surface area contributed by atoms with Gasteiger partial charge in [-0.25, -0.2) is 0 Å². The number of ether oxygens (including phenoxy) is 1. The molecule has 0 heterocycles. The van der Waals surface area contributed by atoms with Gasteiger partial charge in [0.05, 0.1) is 12.5 Å². The van der Waals surface area contributed by atoms with E-state index in [2.05, 4.69) is 10.6 Å². The van der Waals surface area contributed by atoms with Crippen LogP contribution in [-0.4, -0.2) is 42.3 Å². The van der Waals surface area contributed by atoms with Crippen molar-refractivity contribution >= 4 is 17.6 Å². The Morgan fingerprint density at radius 3 is 2.34 bits per heavy atom. The predicted octanol–water partition coefficient (Wildman–Crippen LogP) is 3.44. The van der Waals surface area contributed by atoms with E-state index in [1.165, 1.54) is 38.5 Å². The van der Waals surface area contributed by atoms with Crippen LogP contribution < -0.4 is 10.6 Å². The molecule has 3 N–H and O–H groups in total. The van der Waals surface area contributed by atoms with Crippen LogP contribution in [0.4, 0.5) is 0 Å². The Balaban J connectivity index is 1.10. The second kappa shape index (κ2) is 7.82. The van der Waals surface area contributed by atoms with Gasteiger partial charge in [-0.05, 0) is 87.4 Å². The van der Waals surface area contributed by atoms with Crippen LogP contribution in [0.1, 0.15) is 77.6 Å². The lowest BCUT2D eigenvalue weighted by atomic mass is 9.17. The van der Waals surface area contributed by atoms with Gasteiger partial charge in [0, 0.05) is 24.0 Å². The van der Waals surface area contributed by atoms with E-state index in [1.807, 2.05) is 6.92 Å². The van der Waals surface area contributed by atoms with E-state index in [9.17, 15) is 9.59 Å². The summed E-state index contributed by atoms with van der Waals surface area (Å²) in [5.41, 5.74) is 0.866. The summed E-state index contributed by atoms with van der Waals surface area (Å²) in [6.07, 6.45) is 12.2. The first-order valence-corrected chi connectivity index (χ1v) is 13.4. The van der Waals surface area contributed by atoms with Gasteiger partial charge in [0.2, 0.25) is 0 Å². The lowest BCUT2D eigenvalue weighted by Gasteiger charge is -2.88. The van der Waals surface area contributed by atoms with Gasteiger partial charge >= 0.3 is 5.97 Å². The Morgan fingerprint density at radius 1 is 0.969 bits per heavy atom. The van der Waals surface area contributed by atoms with Crippen molar-refractivity contribution in [2.45, 2.75) is 95.7 Å². The molecule has 0 aromatic rings. The van der Waals surface area contributed by atoms with Crippen molar-refractivity contribution in [3.05, 3.63) is 0 Å². The van der Waals surface area contributed by atoms with Crippen LogP contribution in [0.15, 0.2) is 0 Å². The summed E-state index contributed by atoms with van der Waals surface area (Å²) < 4.78 is 5.31. The average molecular weight is 442 g/mol. The molecule has 7 unspecified atom stereocenters. The van der Waals surface area contributed by atoms with E-state index in [4.69, 9.17) is 10.1 Å². The van der Waals surface area contributed by atoms with Crippen molar-refractivity contribution in [3.63, 3.8) is 0 Å². The standard InChI is InChI=1S/C26H39N3O3/c1-2-32-25(31)14-8-9-18(21(10-14)28-17-6-4-3-5-7-17)22(27)24(30)29-23-19-12-15-11-16-13-20(23)26(15,16)19/h14-21,23,27-28H,2-13H2,1H3,(H,29,30). The Hall–Kier alpha value is -1.43. The largest absolute Gasteiger partial charge is 0.466 e. The minimum Gasteiger partial charge on any atom is -0.466 e. The van der Waals surface area contributed by atoms with Gasteiger partial charge in [-0.1, -0.05) is 19.3 Å². The third kappa shape index (κ3) is 2.90. The van der Waals surface area contributed by atoms with Crippen LogP contribution in [0.3, 0.4) is 0 Å². The van der Waals surface area contributed by atoms with Gasteiger partial charge in [-0.2, -0.15) is 0 Å². The number of amides is 1. The highest BCUT2D eigenvalue weighted by atomic mass is 16.5. The van der Waals surface area contributed by atoms with Crippen LogP contribution in [0.25, 0.3) is 0 Å². The van der Waals surface area contributed by atoms with Crippen LogP contribution in [0, 0.1) is 46.3 Å². The molecule has 176 valence electrons. The van der Waals surface area contributed by atoms with Gasteiger partial charge in [0.1, 0.15) is 5.71 Å². The monoisotopic (exact) mass is 441 g/mol. The second-order valence-electron chi connectivity index (χ2n) is 11.7. The second-order valence-corrected chi connectivity index (χ2v) is 11.7. The van der Waals surface area contributed by atoms with E-state index in [0.717, 1.165) is 24.7 Å². The maximum Gasteiger partial charge on any atom is 0.308 e. The summed E-state index contributed by atoms with van der Waals surface area (Å²) in [5.74, 6) is 2.80. The molecule has 1 amide bonds. The topological polar surface area (TPSA) is 91.3 Å².